The van der Waals surface area contributed by atoms with E-state index in [1.54, 1.807) is 0 Å². The number of hydrogen-bond acceptors (Lipinski definition) is 2. The topological polar surface area (TPSA) is 37.4 Å². The summed E-state index contributed by atoms with van der Waals surface area (Å²) in [4.78, 5) is 21.0. The van der Waals surface area contributed by atoms with Crippen molar-refractivity contribution in [1.29, 1.82) is 0 Å². The van der Waals surface area contributed by atoms with Gasteiger partial charge in [0.2, 0.25) is 0 Å². The molecule has 0 radical (unpaired) electrons. The van der Waals surface area contributed by atoms with Gasteiger partial charge in [0.1, 0.15) is 0 Å². The lowest BCUT2D eigenvalue weighted by molar-refractivity contribution is -0.177. The number of halogens is 3. The Bertz CT molecular complexity index is 185. The van der Waals surface area contributed by atoms with E-state index in [4.69, 9.17) is 0 Å². The summed E-state index contributed by atoms with van der Waals surface area (Å²) >= 11 is 0. The molecule has 0 rings (SSSR count). The lowest BCUT2D eigenvalue weighted by atomic mass is 10.3. The van der Waals surface area contributed by atoms with E-state index in [2.05, 4.69) is 0 Å². The molecule has 3 nitrogen and oxygen atoms in total. The van der Waals surface area contributed by atoms with Crippen molar-refractivity contribution < 1.29 is 22.8 Å². The second-order valence-corrected chi connectivity index (χ2v) is 2.03. The highest BCUT2D eigenvalue weighted by Gasteiger charge is 2.44. The second kappa shape index (κ2) is 2.89. The molecule has 11 heavy (non-hydrogen) atoms. The van der Waals surface area contributed by atoms with Gasteiger partial charge >= 0.3 is 12.0 Å². The SMILES string of the molecule is CN(C)C(=O)C(=O)C(F)(F)F. The second-order valence-electron chi connectivity index (χ2n) is 2.03. The standard InChI is InChI=1S/C5H6F3NO2/c1-9(2)4(11)3(10)5(6,7)8/h1-2H3. The van der Waals surface area contributed by atoms with Gasteiger partial charge in [0, 0.05) is 14.1 Å². The zero-order valence-corrected chi connectivity index (χ0v) is 5.90. The lowest BCUT2D eigenvalue weighted by Crippen LogP contribution is -2.38. The molecule has 0 N–H and O–H groups in total. The molecule has 64 valence electrons. The first-order valence-electron chi connectivity index (χ1n) is 2.59. The normalized spacial score (nSPS) is 11.0. The third kappa shape index (κ3) is 2.57. The van der Waals surface area contributed by atoms with Crippen LogP contribution in [0.3, 0.4) is 0 Å². The van der Waals surface area contributed by atoms with E-state index in [1.165, 1.54) is 0 Å². The molecule has 6 heteroatoms. The van der Waals surface area contributed by atoms with Crippen molar-refractivity contribution in [1.82, 2.24) is 4.90 Å². The Kier molecular flexibility index (Phi) is 2.61. The van der Waals surface area contributed by atoms with E-state index < -0.39 is 17.9 Å². The molecule has 0 aromatic rings. The van der Waals surface area contributed by atoms with Crippen LogP contribution < -0.4 is 0 Å². The van der Waals surface area contributed by atoms with Gasteiger partial charge in [-0.3, -0.25) is 9.59 Å². The van der Waals surface area contributed by atoms with Gasteiger partial charge < -0.3 is 4.90 Å². The largest absolute Gasteiger partial charge is 0.460 e. The smallest absolute Gasteiger partial charge is 0.342 e. The number of carbonyl (C=O) groups is 2. The van der Waals surface area contributed by atoms with E-state index in [0.717, 1.165) is 14.1 Å². The molecule has 0 spiro atoms. The third-order valence-electron chi connectivity index (χ3n) is 0.858. The Hall–Kier alpha value is -1.07. The number of amides is 1. The van der Waals surface area contributed by atoms with Crippen LogP contribution in [0.25, 0.3) is 0 Å². The predicted molar refractivity (Wildman–Crippen MR) is 29.8 cm³/mol. The molecule has 0 aliphatic rings. The van der Waals surface area contributed by atoms with Crippen LogP contribution in [0.5, 0.6) is 0 Å². The van der Waals surface area contributed by atoms with Gasteiger partial charge in [-0.2, -0.15) is 13.2 Å². The summed E-state index contributed by atoms with van der Waals surface area (Å²) in [6, 6.07) is 0. The molecule has 0 saturated carbocycles. The van der Waals surface area contributed by atoms with E-state index >= 15 is 0 Å². The summed E-state index contributed by atoms with van der Waals surface area (Å²) in [6.07, 6.45) is -5.07. The number of rotatable bonds is 1. The van der Waals surface area contributed by atoms with Gasteiger partial charge in [-0.15, -0.1) is 0 Å². The average molecular weight is 169 g/mol. The van der Waals surface area contributed by atoms with Crippen molar-refractivity contribution in [3.05, 3.63) is 0 Å². The molecule has 0 bridgehead atoms. The molecule has 0 unspecified atom stereocenters. The number of nitrogens with zero attached hydrogens (tertiary/aromatic N) is 1. The minimum Gasteiger partial charge on any atom is -0.342 e. The first-order valence-corrected chi connectivity index (χ1v) is 2.59. The van der Waals surface area contributed by atoms with Crippen LogP contribution in [0.4, 0.5) is 13.2 Å². The highest BCUT2D eigenvalue weighted by Crippen LogP contribution is 2.16. The van der Waals surface area contributed by atoms with Gasteiger partial charge in [0.25, 0.3) is 5.91 Å². The van der Waals surface area contributed by atoms with E-state index in [0.29, 0.717) is 4.90 Å². The van der Waals surface area contributed by atoms with Crippen LogP contribution in [0.15, 0.2) is 0 Å². The van der Waals surface area contributed by atoms with Crippen molar-refractivity contribution in [3.8, 4) is 0 Å². The number of hydrogen-bond donors (Lipinski definition) is 0. The molecule has 0 heterocycles. The quantitative estimate of drug-likeness (QED) is 0.526. The fourth-order valence-electron chi connectivity index (χ4n) is 0.324. The zero-order chi connectivity index (χ0) is 9.23. The predicted octanol–water partition coefficient (Wildman–Crippen LogP) is 0.206. The molecule has 0 aromatic heterocycles. The monoisotopic (exact) mass is 169 g/mol. The summed E-state index contributed by atoms with van der Waals surface area (Å²) in [5.74, 6) is -3.90. The Morgan fingerprint density at radius 3 is 1.64 bits per heavy atom. The summed E-state index contributed by atoms with van der Waals surface area (Å²) in [6.45, 7) is 0. The Morgan fingerprint density at radius 1 is 1.18 bits per heavy atom. The molecule has 0 atom stereocenters. The van der Waals surface area contributed by atoms with Gasteiger partial charge in [-0.1, -0.05) is 0 Å². The molecule has 0 aliphatic heterocycles. The number of alkyl halides is 3. The van der Waals surface area contributed by atoms with Gasteiger partial charge in [0.05, 0.1) is 0 Å². The van der Waals surface area contributed by atoms with E-state index in [9.17, 15) is 22.8 Å². The molecule has 0 saturated heterocycles. The summed E-state index contributed by atoms with van der Waals surface area (Å²) < 4.78 is 34.4. The van der Waals surface area contributed by atoms with Crippen molar-refractivity contribution in [3.63, 3.8) is 0 Å². The van der Waals surface area contributed by atoms with Gasteiger partial charge in [-0.25, -0.2) is 0 Å². The fourth-order valence-corrected chi connectivity index (χ4v) is 0.324. The maximum Gasteiger partial charge on any atom is 0.460 e. The fraction of sp³-hybridized carbons (Fsp3) is 0.600. The van der Waals surface area contributed by atoms with Crippen LogP contribution >= 0.6 is 0 Å². The van der Waals surface area contributed by atoms with Crippen LogP contribution in [-0.2, 0) is 9.59 Å². The Labute approximate surface area is 60.8 Å². The first-order chi connectivity index (χ1) is 4.76. The van der Waals surface area contributed by atoms with Gasteiger partial charge in [-0.05, 0) is 0 Å². The van der Waals surface area contributed by atoms with Crippen molar-refractivity contribution >= 4 is 11.7 Å². The van der Waals surface area contributed by atoms with Gasteiger partial charge in [0.15, 0.2) is 0 Å². The van der Waals surface area contributed by atoms with Crippen molar-refractivity contribution in [2.75, 3.05) is 14.1 Å². The molecule has 0 aromatic carbocycles. The molecule has 0 aliphatic carbocycles. The van der Waals surface area contributed by atoms with Crippen molar-refractivity contribution in [2.45, 2.75) is 6.18 Å². The van der Waals surface area contributed by atoms with Crippen LogP contribution in [0, 0.1) is 0 Å². The zero-order valence-electron chi connectivity index (χ0n) is 5.90. The average Bonchev–Trinajstić information content (AvgIpc) is 1.82. The summed E-state index contributed by atoms with van der Waals surface area (Å²) in [7, 11) is 2.15. The minimum atomic E-state index is -5.07. The maximum absolute atomic E-state index is 11.5. The number of Topliss-reactive ketones (excluding diaryl/α,β-unsaturated/α-hetero) is 1. The number of likely N-dealkylation sites (N-methyl/N-ethyl adjacent to an activating group) is 1. The first kappa shape index (κ1) is 9.93. The Balaban J connectivity index is 4.40. The minimum absolute atomic E-state index is 0.579. The summed E-state index contributed by atoms with van der Waals surface area (Å²) in [5.41, 5.74) is 0. The number of ketones is 1. The highest BCUT2D eigenvalue weighted by atomic mass is 19.4. The molecule has 0 fully saturated rings. The molecule has 1 amide bonds. The summed E-state index contributed by atoms with van der Waals surface area (Å²) in [5, 5.41) is 0. The van der Waals surface area contributed by atoms with Crippen LogP contribution in [0.2, 0.25) is 0 Å². The van der Waals surface area contributed by atoms with Crippen LogP contribution in [-0.4, -0.2) is 36.9 Å². The lowest BCUT2D eigenvalue weighted by Gasteiger charge is -2.09. The van der Waals surface area contributed by atoms with Crippen LogP contribution in [0.1, 0.15) is 0 Å². The Morgan fingerprint density at radius 2 is 1.55 bits per heavy atom. The molecular weight excluding hydrogens is 163 g/mol. The van der Waals surface area contributed by atoms with Crippen molar-refractivity contribution in [2.24, 2.45) is 0 Å². The maximum atomic E-state index is 11.5. The number of carbonyl (C=O) groups excluding carboxylic acids is 2. The van der Waals surface area contributed by atoms with E-state index in [1.807, 2.05) is 0 Å². The highest BCUT2D eigenvalue weighted by molar-refractivity contribution is 6.38. The third-order valence-corrected chi connectivity index (χ3v) is 0.858. The molecular formula is C5H6F3NO2. The van der Waals surface area contributed by atoms with E-state index in [-0.39, 0.29) is 0 Å².